The Morgan fingerprint density at radius 1 is 1.45 bits per heavy atom. The van der Waals surface area contributed by atoms with Gasteiger partial charge in [0.25, 0.3) is 5.03 Å². The van der Waals surface area contributed by atoms with Crippen LogP contribution in [0.5, 0.6) is 0 Å². The Morgan fingerprint density at radius 2 is 2.20 bits per heavy atom. The van der Waals surface area contributed by atoms with Gasteiger partial charge in [0, 0.05) is 18.2 Å². The van der Waals surface area contributed by atoms with Crippen LogP contribution in [-0.2, 0) is 4.79 Å². The highest BCUT2D eigenvalue weighted by Crippen LogP contribution is 2.25. The largest absolute Gasteiger partial charge is 0.618 e. The maximum atomic E-state index is 12.2. The molecule has 3 atom stereocenters. The molecule has 0 saturated heterocycles. The molecule has 0 radical (unpaired) electrons. The number of carbonyl (C=O) groups is 1. The summed E-state index contributed by atoms with van der Waals surface area (Å²) in [4.78, 5) is 12.2. The molecule has 0 spiro atoms. The third kappa shape index (κ3) is 3.88. The Hall–Kier alpha value is -1.23. The Bertz CT molecular complexity index is 467. The predicted octanol–water partition coefficient (Wildman–Crippen LogP) is 2.50. The molecule has 2 rings (SSSR count). The van der Waals surface area contributed by atoms with E-state index in [1.54, 1.807) is 12.1 Å². The average Bonchev–Trinajstić information content (AvgIpc) is 2.43. The van der Waals surface area contributed by atoms with Crippen molar-refractivity contribution in [2.24, 2.45) is 5.92 Å². The van der Waals surface area contributed by atoms with Crippen molar-refractivity contribution in [1.29, 1.82) is 0 Å². The zero-order valence-corrected chi connectivity index (χ0v) is 12.9. The minimum absolute atomic E-state index is 0.0256. The van der Waals surface area contributed by atoms with E-state index in [0.717, 1.165) is 11.2 Å². The molecule has 1 N–H and O–H groups in total. The molecule has 1 amide bonds. The van der Waals surface area contributed by atoms with Crippen LogP contribution in [0, 0.1) is 11.1 Å². The third-order valence-electron chi connectivity index (χ3n) is 3.89. The van der Waals surface area contributed by atoms with Gasteiger partial charge in [-0.3, -0.25) is 4.79 Å². The SMILES string of the molecule is C[C@@H](Sc1cccc[n+]1[O-])C(=O)N[C@H]1CCCC[C@@H]1C. The van der Waals surface area contributed by atoms with E-state index in [1.165, 1.54) is 37.2 Å². The van der Waals surface area contributed by atoms with Crippen LogP contribution in [-0.4, -0.2) is 17.2 Å². The van der Waals surface area contributed by atoms with Gasteiger partial charge in [-0.25, -0.2) is 0 Å². The predicted molar refractivity (Wildman–Crippen MR) is 80.3 cm³/mol. The van der Waals surface area contributed by atoms with Crippen molar-refractivity contribution in [3.63, 3.8) is 0 Å². The topological polar surface area (TPSA) is 56.0 Å². The first kappa shape index (κ1) is 15.2. The summed E-state index contributed by atoms with van der Waals surface area (Å²) in [5.74, 6) is 0.573. The van der Waals surface area contributed by atoms with Gasteiger partial charge in [-0.05, 0) is 43.5 Å². The maximum absolute atomic E-state index is 12.2. The monoisotopic (exact) mass is 294 g/mol. The lowest BCUT2D eigenvalue weighted by atomic mass is 9.86. The Labute approximate surface area is 124 Å². The molecule has 20 heavy (non-hydrogen) atoms. The van der Waals surface area contributed by atoms with Crippen LogP contribution in [0.4, 0.5) is 0 Å². The number of nitrogens with zero attached hydrogens (tertiary/aromatic N) is 1. The highest BCUT2D eigenvalue weighted by Gasteiger charge is 2.26. The van der Waals surface area contributed by atoms with Gasteiger partial charge in [-0.15, -0.1) is 0 Å². The number of hydrogen-bond acceptors (Lipinski definition) is 3. The van der Waals surface area contributed by atoms with Gasteiger partial charge in [0.15, 0.2) is 6.20 Å². The van der Waals surface area contributed by atoms with Crippen LogP contribution in [0.2, 0.25) is 0 Å². The standard InChI is InChI=1S/C15H22N2O2S/c1-11-7-3-4-8-13(11)16-15(18)12(2)20-14-9-5-6-10-17(14)19/h5-6,9-13H,3-4,7-8H2,1-2H3,(H,16,18)/t11-,12+,13-/m0/s1. The van der Waals surface area contributed by atoms with Gasteiger partial charge >= 0.3 is 0 Å². The molecular formula is C15H22N2O2S. The van der Waals surface area contributed by atoms with Crippen molar-refractivity contribution in [3.05, 3.63) is 29.6 Å². The van der Waals surface area contributed by atoms with Crippen molar-refractivity contribution in [3.8, 4) is 0 Å². The van der Waals surface area contributed by atoms with E-state index in [4.69, 9.17) is 0 Å². The molecule has 1 aromatic rings. The molecule has 0 aromatic carbocycles. The summed E-state index contributed by atoms with van der Waals surface area (Å²) in [5, 5.41) is 15.0. The van der Waals surface area contributed by atoms with Crippen LogP contribution in [0.15, 0.2) is 29.4 Å². The van der Waals surface area contributed by atoms with Gasteiger partial charge < -0.3 is 10.5 Å². The van der Waals surface area contributed by atoms with Crippen molar-refractivity contribution >= 4 is 17.7 Å². The van der Waals surface area contributed by atoms with E-state index in [-0.39, 0.29) is 17.2 Å². The summed E-state index contributed by atoms with van der Waals surface area (Å²) >= 11 is 1.31. The van der Waals surface area contributed by atoms with E-state index in [1.807, 2.05) is 13.0 Å². The summed E-state index contributed by atoms with van der Waals surface area (Å²) in [5.41, 5.74) is 0. The number of nitrogens with one attached hydrogen (secondary N) is 1. The first-order chi connectivity index (χ1) is 9.58. The second-order valence-electron chi connectivity index (χ2n) is 5.50. The van der Waals surface area contributed by atoms with Crippen LogP contribution in [0.1, 0.15) is 39.5 Å². The number of carbonyl (C=O) groups excluding carboxylic acids is 1. The second-order valence-corrected chi connectivity index (χ2v) is 6.86. The van der Waals surface area contributed by atoms with E-state index in [0.29, 0.717) is 10.9 Å². The summed E-state index contributed by atoms with van der Waals surface area (Å²) in [6, 6.07) is 5.52. The number of aromatic nitrogens is 1. The first-order valence-corrected chi connectivity index (χ1v) is 8.11. The number of thioether (sulfide) groups is 1. The smallest absolute Gasteiger partial charge is 0.252 e. The molecule has 0 bridgehead atoms. The summed E-state index contributed by atoms with van der Waals surface area (Å²) < 4.78 is 0.803. The van der Waals surface area contributed by atoms with Crippen molar-refractivity contribution in [2.45, 2.75) is 55.8 Å². The van der Waals surface area contributed by atoms with Gasteiger partial charge in [0.1, 0.15) is 0 Å². The van der Waals surface area contributed by atoms with E-state index in [9.17, 15) is 10.0 Å². The molecule has 1 aromatic heterocycles. The minimum atomic E-state index is -0.258. The van der Waals surface area contributed by atoms with Gasteiger partial charge in [-0.2, -0.15) is 4.73 Å². The molecule has 1 aliphatic rings. The fraction of sp³-hybridized carbons (Fsp3) is 0.600. The van der Waals surface area contributed by atoms with E-state index >= 15 is 0 Å². The quantitative estimate of drug-likeness (QED) is 0.527. The Balaban J connectivity index is 1.90. The molecule has 0 aliphatic heterocycles. The molecular weight excluding hydrogens is 272 g/mol. The zero-order valence-electron chi connectivity index (χ0n) is 12.0. The molecule has 1 heterocycles. The summed E-state index contributed by atoms with van der Waals surface area (Å²) in [7, 11) is 0. The van der Waals surface area contributed by atoms with E-state index in [2.05, 4.69) is 12.2 Å². The highest BCUT2D eigenvalue weighted by molar-refractivity contribution is 8.00. The number of pyridine rings is 1. The third-order valence-corrected chi connectivity index (χ3v) is 5.02. The lowest BCUT2D eigenvalue weighted by molar-refractivity contribution is -0.645. The fourth-order valence-corrected chi connectivity index (χ4v) is 3.43. The molecule has 1 aliphatic carbocycles. The molecule has 1 fully saturated rings. The van der Waals surface area contributed by atoms with Crippen LogP contribution >= 0.6 is 11.8 Å². The lowest BCUT2D eigenvalue weighted by Crippen LogP contribution is -2.44. The Morgan fingerprint density at radius 3 is 2.90 bits per heavy atom. The lowest BCUT2D eigenvalue weighted by Gasteiger charge is -2.30. The molecule has 110 valence electrons. The minimum Gasteiger partial charge on any atom is -0.618 e. The van der Waals surface area contributed by atoms with Crippen molar-refractivity contribution in [2.75, 3.05) is 0 Å². The fourth-order valence-electron chi connectivity index (χ4n) is 2.57. The average molecular weight is 294 g/mol. The molecule has 1 saturated carbocycles. The summed E-state index contributed by atoms with van der Waals surface area (Å²) in [6.45, 7) is 4.05. The van der Waals surface area contributed by atoms with Gasteiger partial charge in [-0.1, -0.05) is 19.8 Å². The van der Waals surface area contributed by atoms with Crippen LogP contribution in [0.3, 0.4) is 0 Å². The second kappa shape index (κ2) is 6.97. The maximum Gasteiger partial charge on any atom is 0.252 e. The van der Waals surface area contributed by atoms with Crippen molar-refractivity contribution < 1.29 is 9.52 Å². The number of rotatable bonds is 4. The van der Waals surface area contributed by atoms with Crippen LogP contribution in [0.25, 0.3) is 0 Å². The first-order valence-electron chi connectivity index (χ1n) is 7.23. The Kier molecular flexibility index (Phi) is 5.29. The van der Waals surface area contributed by atoms with E-state index < -0.39 is 0 Å². The molecule has 4 nitrogen and oxygen atoms in total. The zero-order chi connectivity index (χ0) is 14.5. The summed E-state index contributed by atoms with van der Waals surface area (Å²) in [6.07, 6.45) is 6.16. The van der Waals surface area contributed by atoms with Crippen molar-refractivity contribution in [1.82, 2.24) is 5.32 Å². The van der Waals surface area contributed by atoms with Gasteiger partial charge in [0.05, 0.1) is 5.25 Å². The normalized spacial score (nSPS) is 24.1. The number of amides is 1. The van der Waals surface area contributed by atoms with Crippen LogP contribution < -0.4 is 10.0 Å². The van der Waals surface area contributed by atoms with Gasteiger partial charge in [0.2, 0.25) is 5.91 Å². The molecule has 0 unspecified atom stereocenters. The number of hydrogen-bond donors (Lipinski definition) is 1. The molecule has 5 heteroatoms. The highest BCUT2D eigenvalue weighted by atomic mass is 32.2.